The number of carbonyl (C=O) groups is 1. The second-order valence-electron chi connectivity index (χ2n) is 8.23. The summed E-state index contributed by atoms with van der Waals surface area (Å²) in [7, 11) is 1.67. The van der Waals surface area contributed by atoms with Gasteiger partial charge in [0.25, 0.3) is 0 Å². The summed E-state index contributed by atoms with van der Waals surface area (Å²) in [6, 6.07) is 21.1. The second-order valence-corrected chi connectivity index (χ2v) is 8.67. The lowest BCUT2D eigenvalue weighted by molar-refractivity contribution is 0.191. The molecule has 1 saturated heterocycles. The van der Waals surface area contributed by atoms with Crippen LogP contribution in [0.15, 0.2) is 72.9 Å². The molecule has 168 valence electrons. The van der Waals surface area contributed by atoms with Crippen LogP contribution in [0.3, 0.4) is 0 Å². The third kappa shape index (κ3) is 4.39. The molecule has 1 N–H and O–H groups in total. The number of halogens is 1. The number of amides is 2. The number of hydrogen-bond donors (Lipinski definition) is 1. The zero-order chi connectivity index (χ0) is 22.8. The Labute approximate surface area is 197 Å². The van der Waals surface area contributed by atoms with Crippen molar-refractivity contribution in [3.63, 3.8) is 0 Å². The van der Waals surface area contributed by atoms with E-state index in [2.05, 4.69) is 15.8 Å². The highest BCUT2D eigenvalue weighted by molar-refractivity contribution is 6.30. The number of methoxy groups -OCH3 is 1. The molecule has 0 bridgehead atoms. The zero-order valence-corrected chi connectivity index (χ0v) is 19.1. The summed E-state index contributed by atoms with van der Waals surface area (Å²) < 4.78 is 7.57. The fourth-order valence-electron chi connectivity index (χ4n) is 4.44. The average Bonchev–Trinajstić information content (AvgIpc) is 3.25. The van der Waals surface area contributed by atoms with Gasteiger partial charge in [-0.05, 0) is 61.4 Å². The largest absolute Gasteiger partial charge is 0.497 e. The number of nitrogens with zero attached hydrogens (tertiary/aromatic N) is 3. The van der Waals surface area contributed by atoms with Gasteiger partial charge < -0.3 is 19.4 Å². The van der Waals surface area contributed by atoms with E-state index in [0.29, 0.717) is 11.6 Å². The first kappa shape index (κ1) is 21.3. The van der Waals surface area contributed by atoms with Crippen LogP contribution in [0, 0.1) is 0 Å². The highest BCUT2D eigenvalue weighted by atomic mass is 35.5. The summed E-state index contributed by atoms with van der Waals surface area (Å²) in [4.78, 5) is 19.9. The summed E-state index contributed by atoms with van der Waals surface area (Å²) in [5.74, 6) is 1.92. The summed E-state index contributed by atoms with van der Waals surface area (Å²) in [5.41, 5.74) is 3.71. The molecule has 6 nitrogen and oxygen atoms in total. The molecule has 4 aromatic rings. The molecular weight excluding hydrogens is 436 g/mol. The van der Waals surface area contributed by atoms with E-state index in [4.69, 9.17) is 21.3 Å². The average molecular weight is 461 g/mol. The number of benzene rings is 2. The van der Waals surface area contributed by atoms with E-state index in [0.717, 1.165) is 53.4 Å². The molecular formula is C26H25ClN4O2. The predicted molar refractivity (Wildman–Crippen MR) is 131 cm³/mol. The number of imidazole rings is 1. The van der Waals surface area contributed by atoms with Gasteiger partial charge >= 0.3 is 6.03 Å². The van der Waals surface area contributed by atoms with Gasteiger partial charge in [-0.3, -0.25) is 0 Å². The Balaban J connectivity index is 1.43. The van der Waals surface area contributed by atoms with Crippen LogP contribution in [0.4, 0.5) is 10.5 Å². The number of likely N-dealkylation sites (tertiary alicyclic amines) is 1. The van der Waals surface area contributed by atoms with E-state index in [1.165, 1.54) is 0 Å². The van der Waals surface area contributed by atoms with Gasteiger partial charge in [0.1, 0.15) is 11.6 Å². The summed E-state index contributed by atoms with van der Waals surface area (Å²) in [6.07, 6.45) is 3.96. The van der Waals surface area contributed by atoms with Gasteiger partial charge in [-0.15, -0.1) is 0 Å². The smallest absolute Gasteiger partial charge is 0.321 e. The first-order valence-electron chi connectivity index (χ1n) is 11.1. The molecule has 2 aromatic heterocycles. The lowest BCUT2D eigenvalue weighted by Crippen LogP contribution is -2.42. The topological polar surface area (TPSA) is 58.9 Å². The summed E-state index contributed by atoms with van der Waals surface area (Å²) >= 11 is 5.96. The number of pyridine rings is 1. The van der Waals surface area contributed by atoms with Crippen molar-refractivity contribution in [1.82, 2.24) is 14.3 Å². The molecule has 5 rings (SSSR count). The van der Waals surface area contributed by atoms with E-state index >= 15 is 0 Å². The second kappa shape index (κ2) is 9.16. The number of rotatable bonds is 4. The number of anilines is 1. The Kier molecular flexibility index (Phi) is 5.92. The van der Waals surface area contributed by atoms with Crippen molar-refractivity contribution in [3.05, 3.63) is 83.8 Å². The van der Waals surface area contributed by atoms with Crippen LogP contribution in [0.1, 0.15) is 24.6 Å². The zero-order valence-electron chi connectivity index (χ0n) is 18.4. The molecule has 1 atom stereocenters. The van der Waals surface area contributed by atoms with Crippen LogP contribution < -0.4 is 10.1 Å². The minimum absolute atomic E-state index is 0.101. The number of urea groups is 1. The number of ether oxygens (including phenoxy) is 1. The molecule has 0 saturated carbocycles. The number of fused-ring (bicyclic) bond motifs is 1. The van der Waals surface area contributed by atoms with E-state index in [1.54, 1.807) is 19.2 Å². The molecule has 33 heavy (non-hydrogen) atoms. The molecule has 2 aromatic carbocycles. The standard InChI is InChI=1S/C26H25ClN4O2/c1-33-22-8-4-6-18(16-22)24-23-9-2-3-15-31(23)25(29-24)19-7-5-14-30(17-19)26(32)28-21-12-10-20(27)11-13-21/h2-4,6,8-13,15-16,19H,5,7,14,17H2,1H3,(H,28,32). The number of piperidine rings is 1. The van der Waals surface area contributed by atoms with E-state index in [9.17, 15) is 4.79 Å². The number of aromatic nitrogens is 2. The van der Waals surface area contributed by atoms with Crippen LogP contribution in [0.25, 0.3) is 16.8 Å². The lowest BCUT2D eigenvalue weighted by atomic mass is 9.97. The van der Waals surface area contributed by atoms with Crippen molar-refractivity contribution >= 4 is 28.8 Å². The predicted octanol–water partition coefficient (Wildman–Crippen LogP) is 6.07. The van der Waals surface area contributed by atoms with Gasteiger partial charge in [0.15, 0.2) is 0 Å². The minimum atomic E-state index is -0.101. The number of nitrogens with one attached hydrogen (secondary N) is 1. The van der Waals surface area contributed by atoms with Crippen LogP contribution in [0.5, 0.6) is 5.75 Å². The third-order valence-electron chi connectivity index (χ3n) is 6.09. The molecule has 0 spiro atoms. The molecule has 7 heteroatoms. The van der Waals surface area contributed by atoms with Gasteiger partial charge in [0, 0.05) is 41.5 Å². The Morgan fingerprint density at radius 2 is 1.97 bits per heavy atom. The maximum absolute atomic E-state index is 12.9. The van der Waals surface area contributed by atoms with Gasteiger partial charge in [-0.2, -0.15) is 0 Å². The Hall–Kier alpha value is -3.51. The van der Waals surface area contributed by atoms with E-state index in [-0.39, 0.29) is 11.9 Å². The fraction of sp³-hybridized carbons (Fsp3) is 0.231. The normalized spacial score (nSPS) is 16.1. The highest BCUT2D eigenvalue weighted by Crippen LogP contribution is 2.33. The van der Waals surface area contributed by atoms with Crippen molar-refractivity contribution in [2.75, 3.05) is 25.5 Å². The Morgan fingerprint density at radius 1 is 1.12 bits per heavy atom. The van der Waals surface area contributed by atoms with Crippen LogP contribution in [0.2, 0.25) is 5.02 Å². The monoisotopic (exact) mass is 460 g/mol. The van der Waals surface area contributed by atoms with Crippen molar-refractivity contribution < 1.29 is 9.53 Å². The van der Waals surface area contributed by atoms with E-state index in [1.807, 2.05) is 59.6 Å². The fourth-order valence-corrected chi connectivity index (χ4v) is 4.57. The van der Waals surface area contributed by atoms with Crippen LogP contribution >= 0.6 is 11.6 Å². The molecule has 2 amide bonds. The SMILES string of the molecule is COc1cccc(-c2nc(C3CCCN(C(=O)Nc4ccc(Cl)cc4)C3)n3ccccc23)c1. The number of hydrogen-bond acceptors (Lipinski definition) is 3. The van der Waals surface area contributed by atoms with Gasteiger partial charge in [-0.25, -0.2) is 9.78 Å². The third-order valence-corrected chi connectivity index (χ3v) is 6.34. The van der Waals surface area contributed by atoms with Crippen molar-refractivity contribution in [2.45, 2.75) is 18.8 Å². The maximum Gasteiger partial charge on any atom is 0.321 e. The van der Waals surface area contributed by atoms with Crippen molar-refractivity contribution in [1.29, 1.82) is 0 Å². The Morgan fingerprint density at radius 3 is 2.79 bits per heavy atom. The summed E-state index contributed by atoms with van der Waals surface area (Å²) in [5, 5.41) is 3.62. The molecule has 1 fully saturated rings. The van der Waals surface area contributed by atoms with Crippen molar-refractivity contribution in [3.8, 4) is 17.0 Å². The molecule has 1 aliphatic rings. The molecule has 0 radical (unpaired) electrons. The quantitative estimate of drug-likeness (QED) is 0.401. The first-order valence-corrected chi connectivity index (χ1v) is 11.4. The van der Waals surface area contributed by atoms with Gasteiger partial charge in [0.05, 0.1) is 18.3 Å². The van der Waals surface area contributed by atoms with Gasteiger partial charge in [0.2, 0.25) is 0 Å². The first-order chi connectivity index (χ1) is 16.1. The Bertz CT molecular complexity index is 1290. The molecule has 1 aliphatic heterocycles. The number of carbonyl (C=O) groups excluding carboxylic acids is 1. The highest BCUT2D eigenvalue weighted by Gasteiger charge is 2.28. The molecule has 3 heterocycles. The summed E-state index contributed by atoms with van der Waals surface area (Å²) in [6.45, 7) is 1.34. The van der Waals surface area contributed by atoms with Gasteiger partial charge in [-0.1, -0.05) is 29.8 Å². The van der Waals surface area contributed by atoms with E-state index < -0.39 is 0 Å². The van der Waals surface area contributed by atoms with Crippen LogP contribution in [-0.4, -0.2) is 40.5 Å². The van der Waals surface area contributed by atoms with Crippen LogP contribution in [-0.2, 0) is 0 Å². The van der Waals surface area contributed by atoms with Crippen molar-refractivity contribution in [2.24, 2.45) is 0 Å². The minimum Gasteiger partial charge on any atom is -0.497 e. The molecule has 1 unspecified atom stereocenters. The maximum atomic E-state index is 12.9. The lowest BCUT2D eigenvalue weighted by Gasteiger charge is -2.32. The molecule has 0 aliphatic carbocycles.